The van der Waals surface area contributed by atoms with Crippen LogP contribution in [0.25, 0.3) is 0 Å². The highest BCUT2D eigenvalue weighted by Gasteiger charge is 2.22. The van der Waals surface area contributed by atoms with E-state index in [0.29, 0.717) is 18.3 Å². The van der Waals surface area contributed by atoms with Gasteiger partial charge in [0.15, 0.2) is 17.0 Å². The van der Waals surface area contributed by atoms with Crippen molar-refractivity contribution in [1.29, 1.82) is 0 Å². The second kappa shape index (κ2) is 8.32. The quantitative estimate of drug-likeness (QED) is 0.617. The van der Waals surface area contributed by atoms with Gasteiger partial charge >= 0.3 is 0 Å². The Morgan fingerprint density at radius 2 is 2.27 bits per heavy atom. The number of aromatic hydroxyl groups is 1. The lowest BCUT2D eigenvalue weighted by molar-refractivity contribution is -0.106. The largest absolute Gasteiger partial charge is 0.506 e. The molecule has 0 saturated heterocycles. The summed E-state index contributed by atoms with van der Waals surface area (Å²) in [4.78, 5) is 10.7. The fraction of sp³-hybridized carbons (Fsp3) is 0.267. The minimum absolute atomic E-state index is 0.0198. The number of phenols is 1. The highest BCUT2D eigenvalue weighted by molar-refractivity contribution is 7.84. The van der Waals surface area contributed by atoms with Crippen LogP contribution in [0.2, 0.25) is 0 Å². The molecule has 1 atom stereocenters. The minimum Gasteiger partial charge on any atom is -0.506 e. The molecule has 0 amide bonds. The van der Waals surface area contributed by atoms with Crippen LogP contribution in [0.15, 0.2) is 24.3 Å². The van der Waals surface area contributed by atoms with Gasteiger partial charge in [0.2, 0.25) is 0 Å². The van der Waals surface area contributed by atoms with Crippen LogP contribution in [-0.2, 0) is 16.0 Å². The molecule has 0 fully saturated rings. The van der Waals surface area contributed by atoms with E-state index in [1.165, 1.54) is 19.2 Å². The second-order valence-electron chi connectivity index (χ2n) is 4.18. The number of benzene rings is 1. The Kier molecular flexibility index (Phi) is 6.76. The van der Waals surface area contributed by atoms with Gasteiger partial charge in [0.05, 0.1) is 12.1 Å². The van der Waals surface area contributed by atoms with E-state index in [1.54, 1.807) is 0 Å². The molecule has 1 aromatic carbocycles. The standard InChI is InChI=1S/C15H17FN2O3S/c1-4-11(2)5-6-12-7-8-13(20)15(14(12)16)18(9-10-19)22(21)17-3/h7-8,10,17,20H,2,4,9H2,1,3H3. The van der Waals surface area contributed by atoms with Gasteiger partial charge in [-0.25, -0.2) is 13.3 Å². The Labute approximate surface area is 131 Å². The van der Waals surface area contributed by atoms with Gasteiger partial charge in [-0.3, -0.25) is 4.31 Å². The Morgan fingerprint density at radius 1 is 1.59 bits per heavy atom. The number of hydrogen-bond donors (Lipinski definition) is 2. The van der Waals surface area contributed by atoms with Crippen molar-refractivity contribution >= 4 is 23.1 Å². The average molecular weight is 324 g/mol. The summed E-state index contributed by atoms with van der Waals surface area (Å²) in [7, 11) is 1.39. The van der Waals surface area contributed by atoms with Crippen molar-refractivity contribution in [3.63, 3.8) is 0 Å². The SMILES string of the molecule is C=C(C#Cc1ccc(O)c(N(CC=O)S(=O)NC)c1F)CC. The van der Waals surface area contributed by atoms with Crippen LogP contribution in [0.1, 0.15) is 18.9 Å². The molecule has 22 heavy (non-hydrogen) atoms. The number of hydrogen-bond acceptors (Lipinski definition) is 3. The van der Waals surface area contributed by atoms with E-state index < -0.39 is 22.7 Å². The first-order valence-electron chi connectivity index (χ1n) is 6.47. The number of aldehydes is 1. The second-order valence-corrected chi connectivity index (χ2v) is 5.53. The van der Waals surface area contributed by atoms with Gasteiger partial charge in [-0.05, 0) is 31.2 Å². The third kappa shape index (κ3) is 4.16. The van der Waals surface area contributed by atoms with Crippen LogP contribution >= 0.6 is 0 Å². The highest BCUT2D eigenvalue weighted by Crippen LogP contribution is 2.32. The number of carbonyl (C=O) groups excluding carboxylic acids is 1. The Bertz CT molecular complexity index is 665. The van der Waals surface area contributed by atoms with E-state index in [2.05, 4.69) is 23.1 Å². The number of nitrogens with zero attached hydrogens (tertiary/aromatic N) is 1. The van der Waals surface area contributed by atoms with E-state index in [9.17, 15) is 18.5 Å². The van der Waals surface area contributed by atoms with Crippen LogP contribution in [0, 0.1) is 17.7 Å². The molecule has 118 valence electrons. The number of phenolic OH excluding ortho intramolecular Hbond substituents is 1. The summed E-state index contributed by atoms with van der Waals surface area (Å²) in [5.41, 5.74) is 0.317. The molecule has 0 aliphatic heterocycles. The van der Waals surface area contributed by atoms with Gasteiger partial charge in [0.1, 0.15) is 17.7 Å². The predicted octanol–water partition coefficient (Wildman–Crippen LogP) is 1.65. The molecule has 1 unspecified atom stereocenters. The van der Waals surface area contributed by atoms with Gasteiger partial charge in [0, 0.05) is 0 Å². The summed E-state index contributed by atoms with van der Waals surface area (Å²) in [6.45, 7) is 5.22. The van der Waals surface area contributed by atoms with E-state index in [0.717, 1.165) is 4.31 Å². The lowest BCUT2D eigenvalue weighted by Gasteiger charge is -2.21. The maximum Gasteiger partial charge on any atom is 0.196 e. The van der Waals surface area contributed by atoms with Crippen LogP contribution < -0.4 is 9.03 Å². The Balaban J connectivity index is 3.39. The smallest absolute Gasteiger partial charge is 0.196 e. The van der Waals surface area contributed by atoms with Gasteiger partial charge in [0.25, 0.3) is 0 Å². The van der Waals surface area contributed by atoms with E-state index in [4.69, 9.17) is 0 Å². The maximum absolute atomic E-state index is 14.5. The van der Waals surface area contributed by atoms with Crippen molar-refractivity contribution in [2.75, 3.05) is 17.9 Å². The first kappa shape index (κ1) is 17.9. The van der Waals surface area contributed by atoms with Crippen molar-refractivity contribution in [3.8, 4) is 17.6 Å². The van der Waals surface area contributed by atoms with Crippen LogP contribution in [-0.4, -0.2) is 29.2 Å². The van der Waals surface area contributed by atoms with E-state index >= 15 is 0 Å². The third-order valence-corrected chi connectivity index (χ3v) is 3.84. The maximum atomic E-state index is 14.5. The van der Waals surface area contributed by atoms with Crippen molar-refractivity contribution in [2.24, 2.45) is 0 Å². The lowest BCUT2D eigenvalue weighted by atomic mass is 10.1. The predicted molar refractivity (Wildman–Crippen MR) is 85.0 cm³/mol. The highest BCUT2D eigenvalue weighted by atomic mass is 32.2. The monoisotopic (exact) mass is 324 g/mol. The minimum atomic E-state index is -1.87. The molecule has 0 heterocycles. The zero-order valence-electron chi connectivity index (χ0n) is 12.4. The summed E-state index contributed by atoms with van der Waals surface area (Å²) in [6.07, 6.45) is 1.10. The number of nitrogens with one attached hydrogen (secondary N) is 1. The van der Waals surface area contributed by atoms with Crippen molar-refractivity contribution < 1.29 is 18.5 Å². The van der Waals surface area contributed by atoms with Crippen LogP contribution in [0.4, 0.5) is 10.1 Å². The summed E-state index contributed by atoms with van der Waals surface area (Å²) < 4.78 is 29.7. The van der Waals surface area contributed by atoms with E-state index in [-0.39, 0.29) is 17.8 Å². The fourth-order valence-electron chi connectivity index (χ4n) is 1.55. The van der Waals surface area contributed by atoms with Crippen molar-refractivity contribution in [1.82, 2.24) is 4.72 Å². The van der Waals surface area contributed by atoms with Crippen molar-refractivity contribution in [3.05, 3.63) is 35.7 Å². The number of halogens is 1. The van der Waals surface area contributed by atoms with Gasteiger partial charge in [-0.15, -0.1) is 0 Å². The summed E-state index contributed by atoms with van der Waals surface area (Å²) in [5, 5.41) is 9.86. The molecule has 7 heteroatoms. The summed E-state index contributed by atoms with van der Waals surface area (Å²) in [6, 6.07) is 2.55. The molecule has 1 aromatic rings. The zero-order valence-corrected chi connectivity index (χ0v) is 13.2. The average Bonchev–Trinajstić information content (AvgIpc) is 2.52. The van der Waals surface area contributed by atoms with E-state index in [1.807, 2.05) is 6.92 Å². The molecule has 0 saturated carbocycles. The summed E-state index contributed by atoms with van der Waals surface area (Å²) in [5.74, 6) is 4.05. The van der Waals surface area contributed by atoms with Crippen molar-refractivity contribution in [2.45, 2.75) is 13.3 Å². The van der Waals surface area contributed by atoms with Crippen LogP contribution in [0.3, 0.4) is 0 Å². The molecule has 0 aromatic heterocycles. The fourth-order valence-corrected chi connectivity index (χ4v) is 2.31. The topological polar surface area (TPSA) is 69.6 Å². The Morgan fingerprint density at radius 3 is 2.82 bits per heavy atom. The number of anilines is 1. The first-order valence-corrected chi connectivity index (χ1v) is 7.58. The molecule has 1 rings (SSSR count). The molecule has 2 N–H and O–H groups in total. The molecular weight excluding hydrogens is 307 g/mol. The molecule has 0 aliphatic rings. The first-order chi connectivity index (χ1) is 10.5. The lowest BCUT2D eigenvalue weighted by Crippen LogP contribution is -2.35. The van der Waals surface area contributed by atoms with Gasteiger partial charge in [-0.1, -0.05) is 25.3 Å². The molecular formula is C15H17FN2O3S. The third-order valence-electron chi connectivity index (χ3n) is 2.76. The number of carbonyl (C=O) groups is 1. The summed E-state index contributed by atoms with van der Waals surface area (Å²) >= 11 is -1.87. The molecule has 0 radical (unpaired) electrons. The molecule has 5 nitrogen and oxygen atoms in total. The zero-order chi connectivity index (χ0) is 16.7. The van der Waals surface area contributed by atoms with Gasteiger partial charge < -0.3 is 9.90 Å². The molecule has 0 bridgehead atoms. The molecule has 0 aliphatic carbocycles. The molecule has 0 spiro atoms. The Hall–Kier alpha value is -2.17. The van der Waals surface area contributed by atoms with Gasteiger partial charge in [-0.2, -0.15) is 0 Å². The van der Waals surface area contributed by atoms with Crippen LogP contribution in [0.5, 0.6) is 5.75 Å². The normalized spacial score (nSPS) is 11.2. The number of rotatable bonds is 6. The number of allylic oxidation sites excluding steroid dienone is 1.